The lowest BCUT2D eigenvalue weighted by atomic mass is 9.91. The Balaban J connectivity index is 1.02. The molecule has 0 atom stereocenters. The lowest BCUT2D eigenvalue weighted by Crippen LogP contribution is -1.86. The molecule has 9 aromatic carbocycles. The lowest BCUT2D eigenvalue weighted by Gasteiger charge is -2.13. The van der Waals surface area contributed by atoms with Crippen molar-refractivity contribution in [3.05, 3.63) is 170 Å². The van der Waals surface area contributed by atoms with Gasteiger partial charge in [-0.15, -0.1) is 0 Å². The molecule has 0 heterocycles. The number of fused-ring (bicyclic) bond motifs is 7. The number of benzene rings is 9. The summed E-state index contributed by atoms with van der Waals surface area (Å²) in [6.45, 7) is 0. The molecule has 0 N–H and O–H groups in total. The van der Waals surface area contributed by atoms with Crippen LogP contribution in [0.3, 0.4) is 0 Å². The van der Waals surface area contributed by atoms with Gasteiger partial charge < -0.3 is 0 Å². The van der Waals surface area contributed by atoms with Crippen molar-refractivity contribution in [2.45, 2.75) is 0 Å². The van der Waals surface area contributed by atoms with E-state index >= 15 is 0 Å². The number of rotatable bonds is 3. The highest BCUT2D eigenvalue weighted by molar-refractivity contribution is 6.20. The maximum Gasteiger partial charge on any atom is -0.00201 e. The van der Waals surface area contributed by atoms with Crippen LogP contribution in [0.2, 0.25) is 0 Å². The molecule has 0 amide bonds. The molecule has 11 rings (SSSR count). The zero-order chi connectivity index (χ0) is 31.3. The molecule has 0 bridgehead atoms. The fourth-order valence-corrected chi connectivity index (χ4v) is 8.58. The normalized spacial score (nSPS) is 12.2. The molecule has 2 aliphatic carbocycles. The van der Waals surface area contributed by atoms with E-state index in [2.05, 4.69) is 170 Å². The largest absolute Gasteiger partial charge is 0.0616 e. The van der Waals surface area contributed by atoms with E-state index in [0.29, 0.717) is 0 Å². The Morgan fingerprint density at radius 2 is 0.604 bits per heavy atom. The quantitative estimate of drug-likeness (QED) is 0.188. The summed E-state index contributed by atoms with van der Waals surface area (Å²) in [4.78, 5) is 0. The highest BCUT2D eigenvalue weighted by Gasteiger charge is 2.23. The summed E-state index contributed by atoms with van der Waals surface area (Å²) in [7, 11) is 0. The third kappa shape index (κ3) is 3.55. The molecular weight excluding hydrogens is 577 g/mol. The van der Waals surface area contributed by atoms with E-state index in [9.17, 15) is 0 Å². The first kappa shape index (κ1) is 25.9. The SMILES string of the molecule is c1cc(-c2ccc3ccc(-c4ccc5c6c(cccc46)-c4ccccc4-5)cc3c2)cc(-c2ccc3c4c(cccc24)-c2ccccc2-3)c1. The first-order valence-electron chi connectivity index (χ1n) is 16.8. The van der Waals surface area contributed by atoms with Crippen molar-refractivity contribution in [1.82, 2.24) is 0 Å². The maximum atomic E-state index is 2.37. The van der Waals surface area contributed by atoms with Crippen molar-refractivity contribution in [3.8, 4) is 77.9 Å². The van der Waals surface area contributed by atoms with Crippen LogP contribution in [0.1, 0.15) is 0 Å². The molecule has 0 fully saturated rings. The van der Waals surface area contributed by atoms with E-state index in [1.807, 2.05) is 0 Å². The molecule has 220 valence electrons. The van der Waals surface area contributed by atoms with Crippen molar-refractivity contribution in [2.75, 3.05) is 0 Å². The second kappa shape index (κ2) is 9.64. The predicted molar refractivity (Wildman–Crippen MR) is 204 cm³/mol. The Morgan fingerprint density at radius 3 is 1.19 bits per heavy atom. The molecule has 9 aromatic rings. The first-order chi connectivity index (χ1) is 23.8. The molecule has 0 aliphatic heterocycles. The Kier molecular flexibility index (Phi) is 5.20. The summed E-state index contributed by atoms with van der Waals surface area (Å²) < 4.78 is 0. The van der Waals surface area contributed by atoms with E-state index in [4.69, 9.17) is 0 Å². The summed E-state index contributed by atoms with van der Waals surface area (Å²) in [6.07, 6.45) is 0. The van der Waals surface area contributed by atoms with Crippen LogP contribution in [0.4, 0.5) is 0 Å². The standard InChI is InChI=1S/C48H28/c1-3-12-39-37(10-1)43-16-6-14-41-35(22-24-45(39)47(41)43)32-9-5-8-30(26-32)31-20-18-29-19-21-33(28-34(29)27-31)36-23-25-46-40-13-4-2-11-38(40)44-17-7-15-42(36)48(44)46/h1-28H. The monoisotopic (exact) mass is 604 g/mol. The van der Waals surface area contributed by atoms with Gasteiger partial charge in [-0.05, 0) is 128 Å². The average Bonchev–Trinajstić information content (AvgIpc) is 3.66. The van der Waals surface area contributed by atoms with Gasteiger partial charge in [-0.25, -0.2) is 0 Å². The molecule has 0 radical (unpaired) electrons. The predicted octanol–water partition coefficient (Wildman–Crippen LogP) is 13.4. The van der Waals surface area contributed by atoms with Crippen LogP contribution in [0.15, 0.2) is 170 Å². The molecule has 0 saturated heterocycles. The third-order valence-electron chi connectivity index (χ3n) is 10.8. The molecule has 48 heavy (non-hydrogen) atoms. The summed E-state index contributed by atoms with van der Waals surface area (Å²) in [6, 6.07) is 63.2. The summed E-state index contributed by atoms with van der Waals surface area (Å²) in [5.74, 6) is 0. The zero-order valence-corrected chi connectivity index (χ0v) is 26.2. The van der Waals surface area contributed by atoms with Gasteiger partial charge in [0.05, 0.1) is 0 Å². The molecular formula is C48H28. The molecule has 0 nitrogen and oxygen atoms in total. The van der Waals surface area contributed by atoms with Gasteiger partial charge in [-0.3, -0.25) is 0 Å². The number of hydrogen-bond acceptors (Lipinski definition) is 0. The van der Waals surface area contributed by atoms with E-state index in [-0.39, 0.29) is 0 Å². The van der Waals surface area contributed by atoms with Gasteiger partial charge in [0.2, 0.25) is 0 Å². The van der Waals surface area contributed by atoms with Crippen LogP contribution in [0.5, 0.6) is 0 Å². The highest BCUT2D eigenvalue weighted by atomic mass is 14.3. The van der Waals surface area contributed by atoms with Crippen LogP contribution in [0.25, 0.3) is 110 Å². The van der Waals surface area contributed by atoms with E-state index in [1.165, 1.54) is 110 Å². The van der Waals surface area contributed by atoms with Crippen molar-refractivity contribution < 1.29 is 0 Å². The first-order valence-corrected chi connectivity index (χ1v) is 16.8. The minimum Gasteiger partial charge on any atom is -0.0616 e. The summed E-state index contributed by atoms with van der Waals surface area (Å²) >= 11 is 0. The molecule has 0 heteroatoms. The molecule has 0 saturated carbocycles. The molecule has 0 unspecified atom stereocenters. The molecule has 2 aliphatic rings. The Bertz CT molecular complexity index is 2770. The van der Waals surface area contributed by atoms with Gasteiger partial charge in [0.15, 0.2) is 0 Å². The molecule has 0 aromatic heterocycles. The average molecular weight is 605 g/mol. The van der Waals surface area contributed by atoms with Crippen LogP contribution in [0, 0.1) is 0 Å². The van der Waals surface area contributed by atoms with Crippen molar-refractivity contribution in [3.63, 3.8) is 0 Å². The van der Waals surface area contributed by atoms with Gasteiger partial charge in [-0.1, -0.05) is 152 Å². The van der Waals surface area contributed by atoms with E-state index < -0.39 is 0 Å². The molecule has 0 spiro atoms. The number of hydrogen-bond donors (Lipinski definition) is 0. The van der Waals surface area contributed by atoms with Crippen LogP contribution in [-0.4, -0.2) is 0 Å². The maximum absolute atomic E-state index is 2.37. The minimum atomic E-state index is 1.23. The van der Waals surface area contributed by atoms with Gasteiger partial charge >= 0.3 is 0 Å². The van der Waals surface area contributed by atoms with Crippen LogP contribution >= 0.6 is 0 Å². The van der Waals surface area contributed by atoms with Gasteiger partial charge in [0.1, 0.15) is 0 Å². The second-order valence-corrected chi connectivity index (χ2v) is 13.2. The van der Waals surface area contributed by atoms with Gasteiger partial charge in [0, 0.05) is 0 Å². The zero-order valence-electron chi connectivity index (χ0n) is 26.2. The van der Waals surface area contributed by atoms with Crippen molar-refractivity contribution >= 4 is 32.3 Å². The van der Waals surface area contributed by atoms with Crippen molar-refractivity contribution in [2.24, 2.45) is 0 Å². The topological polar surface area (TPSA) is 0 Å². The van der Waals surface area contributed by atoms with Gasteiger partial charge in [-0.2, -0.15) is 0 Å². The lowest BCUT2D eigenvalue weighted by molar-refractivity contribution is 1.62. The fourth-order valence-electron chi connectivity index (χ4n) is 8.58. The summed E-state index contributed by atoms with van der Waals surface area (Å²) in [5, 5.41) is 7.88. The van der Waals surface area contributed by atoms with Gasteiger partial charge in [0.25, 0.3) is 0 Å². The highest BCUT2D eigenvalue weighted by Crippen LogP contribution is 2.51. The fraction of sp³-hybridized carbons (Fsp3) is 0. The second-order valence-electron chi connectivity index (χ2n) is 13.2. The van der Waals surface area contributed by atoms with Crippen LogP contribution < -0.4 is 0 Å². The van der Waals surface area contributed by atoms with E-state index in [0.717, 1.165) is 0 Å². The Morgan fingerprint density at radius 1 is 0.208 bits per heavy atom. The third-order valence-corrected chi connectivity index (χ3v) is 10.8. The summed E-state index contributed by atoms with van der Waals surface area (Å²) in [5.41, 5.74) is 18.2. The van der Waals surface area contributed by atoms with Crippen molar-refractivity contribution in [1.29, 1.82) is 0 Å². The Hall–Kier alpha value is -6.24. The van der Waals surface area contributed by atoms with Crippen LogP contribution in [-0.2, 0) is 0 Å². The van der Waals surface area contributed by atoms with E-state index in [1.54, 1.807) is 0 Å². The Labute approximate surface area is 279 Å². The minimum absolute atomic E-state index is 1.23. The smallest absolute Gasteiger partial charge is 0.00201 e.